The fourth-order valence-electron chi connectivity index (χ4n) is 1.89. The first-order chi connectivity index (χ1) is 10.5. The van der Waals surface area contributed by atoms with Gasteiger partial charge in [-0.2, -0.15) is 11.3 Å². The van der Waals surface area contributed by atoms with Gasteiger partial charge in [-0.3, -0.25) is 0 Å². The van der Waals surface area contributed by atoms with Crippen molar-refractivity contribution < 1.29 is 22.6 Å². The van der Waals surface area contributed by atoms with Crippen molar-refractivity contribution in [3.05, 3.63) is 34.5 Å². The summed E-state index contributed by atoms with van der Waals surface area (Å²) in [6, 6.07) is 4.90. The van der Waals surface area contributed by atoms with Crippen LogP contribution in [0.5, 0.6) is 17.2 Å². The van der Waals surface area contributed by atoms with E-state index in [0.29, 0.717) is 22.8 Å². The molecule has 0 aliphatic heterocycles. The number of sulfonamides is 1. The van der Waals surface area contributed by atoms with Gasteiger partial charge < -0.3 is 14.2 Å². The molecule has 1 heterocycles. The summed E-state index contributed by atoms with van der Waals surface area (Å²) in [7, 11) is 1.01. The van der Waals surface area contributed by atoms with Gasteiger partial charge in [0.2, 0.25) is 10.0 Å². The van der Waals surface area contributed by atoms with Crippen molar-refractivity contribution in [2.45, 2.75) is 11.4 Å². The Hall–Kier alpha value is -1.77. The number of nitrogens with one attached hydrogen (secondary N) is 1. The predicted molar refractivity (Wildman–Crippen MR) is 84.4 cm³/mol. The molecule has 2 aromatic rings. The topological polar surface area (TPSA) is 73.9 Å². The first kappa shape index (κ1) is 16.6. The largest absolute Gasteiger partial charge is 0.496 e. The third-order valence-corrected chi connectivity index (χ3v) is 5.28. The van der Waals surface area contributed by atoms with Crippen LogP contribution in [0.25, 0.3) is 0 Å². The molecule has 0 unspecified atom stereocenters. The number of hydrogen-bond donors (Lipinski definition) is 1. The molecule has 1 aromatic heterocycles. The van der Waals surface area contributed by atoms with Gasteiger partial charge in [-0.1, -0.05) is 0 Å². The van der Waals surface area contributed by atoms with Crippen LogP contribution in [0, 0.1) is 0 Å². The summed E-state index contributed by atoms with van der Waals surface area (Å²) in [5.74, 6) is 1.54. The molecule has 120 valence electrons. The van der Waals surface area contributed by atoms with Crippen LogP contribution in [0.1, 0.15) is 5.56 Å². The Kier molecular flexibility index (Phi) is 5.28. The minimum atomic E-state index is -3.54. The second-order valence-electron chi connectivity index (χ2n) is 4.30. The minimum absolute atomic E-state index is 0.0850. The lowest BCUT2D eigenvalue weighted by molar-refractivity contribution is 0.347. The molecule has 0 bridgehead atoms. The maximum atomic E-state index is 12.1. The van der Waals surface area contributed by atoms with Crippen LogP contribution >= 0.6 is 11.3 Å². The molecule has 0 spiro atoms. The van der Waals surface area contributed by atoms with E-state index in [4.69, 9.17) is 14.2 Å². The molecule has 2 rings (SSSR count). The first-order valence-electron chi connectivity index (χ1n) is 6.32. The summed E-state index contributed by atoms with van der Waals surface area (Å²) in [5.41, 5.74) is 0.652. The first-order valence-corrected chi connectivity index (χ1v) is 8.75. The van der Waals surface area contributed by atoms with E-state index < -0.39 is 10.0 Å². The highest BCUT2D eigenvalue weighted by Crippen LogP contribution is 2.34. The molecular formula is C14H17NO5S2. The number of benzene rings is 1. The minimum Gasteiger partial charge on any atom is -0.496 e. The summed E-state index contributed by atoms with van der Waals surface area (Å²) in [6.45, 7) is 0.0850. The van der Waals surface area contributed by atoms with Gasteiger partial charge >= 0.3 is 0 Å². The summed E-state index contributed by atoms with van der Waals surface area (Å²) in [4.78, 5) is 0.247. The average Bonchev–Trinajstić information content (AvgIpc) is 3.07. The maximum absolute atomic E-state index is 12.1. The average molecular weight is 343 g/mol. The number of methoxy groups -OCH3 is 3. The van der Waals surface area contributed by atoms with Gasteiger partial charge in [0, 0.05) is 23.6 Å². The molecule has 22 heavy (non-hydrogen) atoms. The SMILES string of the molecule is COc1cc(OC)c(OC)cc1CNS(=O)(=O)c1ccsc1. The molecular weight excluding hydrogens is 326 g/mol. The number of thiophene rings is 1. The van der Waals surface area contributed by atoms with Crippen molar-refractivity contribution >= 4 is 21.4 Å². The molecule has 0 atom stereocenters. The van der Waals surface area contributed by atoms with Gasteiger partial charge in [0.25, 0.3) is 0 Å². The normalized spacial score (nSPS) is 11.2. The van der Waals surface area contributed by atoms with Gasteiger partial charge in [0.15, 0.2) is 11.5 Å². The van der Waals surface area contributed by atoms with E-state index in [0.717, 1.165) is 0 Å². The zero-order chi connectivity index (χ0) is 16.2. The van der Waals surface area contributed by atoms with Crippen LogP contribution < -0.4 is 18.9 Å². The number of rotatable bonds is 7. The Morgan fingerprint density at radius 3 is 2.23 bits per heavy atom. The second kappa shape index (κ2) is 6.99. The van der Waals surface area contributed by atoms with E-state index in [9.17, 15) is 8.42 Å². The standard InChI is InChI=1S/C14H17NO5S2/c1-18-12-7-14(20-3)13(19-2)6-10(12)8-15-22(16,17)11-4-5-21-9-11/h4-7,9,15H,8H2,1-3H3. The molecule has 1 aromatic carbocycles. The van der Waals surface area contributed by atoms with Crippen LogP contribution in [0.2, 0.25) is 0 Å². The van der Waals surface area contributed by atoms with Crippen LogP contribution in [-0.4, -0.2) is 29.7 Å². The van der Waals surface area contributed by atoms with E-state index in [2.05, 4.69) is 4.72 Å². The molecule has 0 radical (unpaired) electrons. The van der Waals surface area contributed by atoms with Crippen LogP contribution in [0.3, 0.4) is 0 Å². The van der Waals surface area contributed by atoms with E-state index >= 15 is 0 Å². The highest BCUT2D eigenvalue weighted by Gasteiger charge is 2.17. The molecule has 1 N–H and O–H groups in total. The quantitative estimate of drug-likeness (QED) is 0.835. The Balaban J connectivity index is 2.26. The zero-order valence-corrected chi connectivity index (χ0v) is 14.1. The second-order valence-corrected chi connectivity index (χ2v) is 6.85. The van der Waals surface area contributed by atoms with E-state index in [1.54, 1.807) is 29.0 Å². The molecule has 6 nitrogen and oxygen atoms in total. The molecule has 0 saturated heterocycles. The smallest absolute Gasteiger partial charge is 0.241 e. The summed E-state index contributed by atoms with van der Waals surface area (Å²) >= 11 is 1.33. The van der Waals surface area contributed by atoms with Crippen molar-refractivity contribution in [1.29, 1.82) is 0 Å². The zero-order valence-electron chi connectivity index (χ0n) is 12.5. The highest BCUT2D eigenvalue weighted by molar-refractivity contribution is 7.89. The van der Waals surface area contributed by atoms with Gasteiger partial charge in [-0.25, -0.2) is 13.1 Å². The lowest BCUT2D eigenvalue weighted by Gasteiger charge is -2.14. The van der Waals surface area contributed by atoms with Crippen molar-refractivity contribution in [2.75, 3.05) is 21.3 Å². The van der Waals surface area contributed by atoms with Crippen LogP contribution in [0.4, 0.5) is 0 Å². The van der Waals surface area contributed by atoms with E-state index in [1.165, 1.54) is 32.7 Å². The fourth-order valence-corrected chi connectivity index (χ4v) is 3.93. The predicted octanol–water partition coefficient (Wildman–Crippen LogP) is 2.25. The van der Waals surface area contributed by atoms with E-state index in [-0.39, 0.29) is 11.4 Å². The molecule has 0 aliphatic carbocycles. The summed E-state index contributed by atoms with van der Waals surface area (Å²) < 4.78 is 42.5. The molecule has 0 fully saturated rings. The van der Waals surface area contributed by atoms with E-state index in [1.807, 2.05) is 0 Å². The van der Waals surface area contributed by atoms with Crippen molar-refractivity contribution in [3.63, 3.8) is 0 Å². The highest BCUT2D eigenvalue weighted by atomic mass is 32.2. The van der Waals surface area contributed by atoms with Crippen molar-refractivity contribution in [2.24, 2.45) is 0 Å². The molecule has 0 amide bonds. The molecule has 8 heteroatoms. The van der Waals surface area contributed by atoms with Crippen LogP contribution in [0.15, 0.2) is 33.9 Å². The summed E-state index contributed by atoms with van der Waals surface area (Å²) in [5, 5.41) is 3.29. The number of hydrogen-bond acceptors (Lipinski definition) is 6. The number of ether oxygens (including phenoxy) is 3. The lowest BCUT2D eigenvalue weighted by Crippen LogP contribution is -2.23. The molecule has 0 saturated carbocycles. The Labute approximate surface area is 133 Å². The van der Waals surface area contributed by atoms with Crippen molar-refractivity contribution in [1.82, 2.24) is 4.72 Å². The summed E-state index contributed by atoms with van der Waals surface area (Å²) in [6.07, 6.45) is 0. The van der Waals surface area contributed by atoms with Gasteiger partial charge in [-0.05, 0) is 17.5 Å². The third-order valence-electron chi connectivity index (χ3n) is 3.04. The Morgan fingerprint density at radius 1 is 1.05 bits per heavy atom. The van der Waals surface area contributed by atoms with Crippen LogP contribution in [-0.2, 0) is 16.6 Å². The Morgan fingerprint density at radius 2 is 1.68 bits per heavy atom. The maximum Gasteiger partial charge on any atom is 0.241 e. The third kappa shape index (κ3) is 3.52. The monoisotopic (exact) mass is 343 g/mol. The van der Waals surface area contributed by atoms with Gasteiger partial charge in [-0.15, -0.1) is 0 Å². The molecule has 0 aliphatic rings. The van der Waals surface area contributed by atoms with Gasteiger partial charge in [0.05, 0.1) is 26.2 Å². The fraction of sp³-hybridized carbons (Fsp3) is 0.286. The Bertz CT molecular complexity index is 726. The lowest BCUT2D eigenvalue weighted by atomic mass is 10.1. The van der Waals surface area contributed by atoms with Crippen molar-refractivity contribution in [3.8, 4) is 17.2 Å². The van der Waals surface area contributed by atoms with Gasteiger partial charge in [0.1, 0.15) is 5.75 Å².